The van der Waals surface area contributed by atoms with Crippen molar-refractivity contribution in [2.75, 3.05) is 26.7 Å². The Labute approximate surface area is 74.6 Å². The van der Waals surface area contributed by atoms with Crippen LogP contribution in [0, 0.1) is 11.3 Å². The lowest BCUT2D eigenvalue weighted by Gasteiger charge is -2.22. The van der Waals surface area contributed by atoms with Crippen LogP contribution in [0.5, 0.6) is 0 Å². The van der Waals surface area contributed by atoms with Crippen LogP contribution in [-0.4, -0.2) is 36.8 Å². The number of aliphatic hydroxyl groups excluding tert-OH is 1. The van der Waals surface area contributed by atoms with E-state index in [0.717, 1.165) is 0 Å². The van der Waals surface area contributed by atoms with E-state index in [0.29, 0.717) is 17.9 Å². The zero-order valence-corrected chi connectivity index (χ0v) is 7.92. The number of hydrogen-bond donors (Lipinski definition) is 1. The highest BCUT2D eigenvalue weighted by molar-refractivity contribution is 4.95. The number of likely N-dealkylation sites (tertiary alicyclic amines) is 1. The van der Waals surface area contributed by atoms with Crippen LogP contribution in [0.1, 0.15) is 25.7 Å². The maximum atomic E-state index is 9.06. The molecule has 0 amide bonds. The van der Waals surface area contributed by atoms with E-state index in [4.69, 9.17) is 5.11 Å². The van der Waals surface area contributed by atoms with Crippen molar-refractivity contribution in [1.29, 1.82) is 0 Å². The second-order valence-corrected chi connectivity index (χ2v) is 4.78. The number of nitrogens with zero attached hydrogens (tertiary/aromatic N) is 1. The van der Waals surface area contributed by atoms with Gasteiger partial charge in [-0.1, -0.05) is 0 Å². The smallest absolute Gasteiger partial charge is 0.0459 e. The number of aliphatic hydroxyl groups is 1. The number of rotatable bonds is 1. The first-order valence-electron chi connectivity index (χ1n) is 5.03. The summed E-state index contributed by atoms with van der Waals surface area (Å²) in [4.78, 5) is 2.43. The van der Waals surface area contributed by atoms with Gasteiger partial charge in [0.2, 0.25) is 0 Å². The van der Waals surface area contributed by atoms with Gasteiger partial charge in [-0.05, 0) is 50.6 Å². The molecule has 2 fully saturated rings. The average molecular weight is 169 g/mol. The molecule has 2 atom stereocenters. The molecule has 0 aromatic rings. The Hall–Kier alpha value is -0.0800. The summed E-state index contributed by atoms with van der Waals surface area (Å²) >= 11 is 0. The summed E-state index contributed by atoms with van der Waals surface area (Å²) in [6, 6.07) is 0. The van der Waals surface area contributed by atoms with Crippen molar-refractivity contribution in [3.63, 3.8) is 0 Å². The zero-order chi connectivity index (χ0) is 8.60. The van der Waals surface area contributed by atoms with Crippen LogP contribution in [0.4, 0.5) is 0 Å². The summed E-state index contributed by atoms with van der Waals surface area (Å²) in [6.07, 6.45) is 5.24. The van der Waals surface area contributed by atoms with Crippen molar-refractivity contribution >= 4 is 0 Å². The molecule has 0 aromatic carbocycles. The molecule has 0 bridgehead atoms. The van der Waals surface area contributed by atoms with E-state index < -0.39 is 0 Å². The molecule has 2 heteroatoms. The molecular weight excluding hydrogens is 150 g/mol. The predicted octanol–water partition coefficient (Wildman–Crippen LogP) is 1.10. The Bertz CT molecular complexity index is 171. The van der Waals surface area contributed by atoms with Crippen molar-refractivity contribution in [2.24, 2.45) is 11.3 Å². The van der Waals surface area contributed by atoms with Crippen molar-refractivity contribution in [1.82, 2.24) is 4.90 Å². The Morgan fingerprint density at radius 1 is 1.50 bits per heavy atom. The largest absolute Gasteiger partial charge is 0.396 e. The quantitative estimate of drug-likeness (QED) is 0.635. The molecule has 2 nitrogen and oxygen atoms in total. The first-order valence-corrected chi connectivity index (χ1v) is 5.03. The standard InChI is InChI=1S/C10H19NO/c1-11-5-4-10(8-11)3-2-9(6-10)7-12/h9,12H,2-8H2,1H3/t9-,10-/m0/s1. The summed E-state index contributed by atoms with van der Waals surface area (Å²) < 4.78 is 0. The summed E-state index contributed by atoms with van der Waals surface area (Å²) in [5.41, 5.74) is 0.599. The van der Waals surface area contributed by atoms with E-state index in [2.05, 4.69) is 11.9 Å². The fourth-order valence-corrected chi connectivity index (χ4v) is 3.01. The van der Waals surface area contributed by atoms with Gasteiger partial charge in [0.15, 0.2) is 0 Å². The predicted molar refractivity (Wildman–Crippen MR) is 49.0 cm³/mol. The lowest BCUT2D eigenvalue weighted by molar-refractivity contribution is 0.208. The fraction of sp³-hybridized carbons (Fsp3) is 1.00. The second kappa shape index (κ2) is 3.00. The Balaban J connectivity index is 1.97. The van der Waals surface area contributed by atoms with Crippen molar-refractivity contribution < 1.29 is 5.11 Å². The van der Waals surface area contributed by atoms with Crippen molar-refractivity contribution in [2.45, 2.75) is 25.7 Å². The fourth-order valence-electron chi connectivity index (χ4n) is 3.01. The average Bonchev–Trinajstić information content (AvgIpc) is 2.61. The summed E-state index contributed by atoms with van der Waals surface area (Å²) in [5, 5.41) is 9.06. The molecule has 2 aliphatic rings. The SMILES string of the molecule is CN1CC[C@]2(CC[C@H](CO)C2)C1. The Morgan fingerprint density at radius 2 is 2.33 bits per heavy atom. The molecule has 1 saturated carbocycles. The van der Waals surface area contributed by atoms with Gasteiger partial charge in [-0.2, -0.15) is 0 Å². The van der Waals surface area contributed by atoms with Gasteiger partial charge in [-0.15, -0.1) is 0 Å². The van der Waals surface area contributed by atoms with E-state index >= 15 is 0 Å². The van der Waals surface area contributed by atoms with E-state index in [1.807, 2.05) is 0 Å². The molecular formula is C10H19NO. The molecule has 0 unspecified atom stereocenters. The lowest BCUT2D eigenvalue weighted by atomic mass is 9.84. The minimum absolute atomic E-state index is 0.408. The van der Waals surface area contributed by atoms with Crippen LogP contribution in [0.3, 0.4) is 0 Å². The van der Waals surface area contributed by atoms with Gasteiger partial charge in [0.25, 0.3) is 0 Å². The first-order chi connectivity index (χ1) is 5.74. The van der Waals surface area contributed by atoms with Crippen LogP contribution in [0.25, 0.3) is 0 Å². The molecule has 1 aliphatic heterocycles. The van der Waals surface area contributed by atoms with Crippen LogP contribution < -0.4 is 0 Å². The Morgan fingerprint density at radius 3 is 2.83 bits per heavy atom. The van der Waals surface area contributed by atoms with Crippen LogP contribution >= 0.6 is 0 Å². The molecule has 0 radical (unpaired) electrons. The van der Waals surface area contributed by atoms with E-state index in [1.165, 1.54) is 38.8 Å². The third-order valence-electron chi connectivity index (χ3n) is 3.69. The third kappa shape index (κ3) is 1.38. The maximum Gasteiger partial charge on any atom is 0.0459 e. The molecule has 0 aromatic heterocycles. The van der Waals surface area contributed by atoms with Crippen molar-refractivity contribution in [3.8, 4) is 0 Å². The van der Waals surface area contributed by atoms with Crippen molar-refractivity contribution in [3.05, 3.63) is 0 Å². The summed E-state index contributed by atoms with van der Waals surface area (Å²) in [7, 11) is 2.21. The van der Waals surface area contributed by atoms with Gasteiger partial charge in [0.05, 0.1) is 0 Å². The van der Waals surface area contributed by atoms with E-state index in [-0.39, 0.29) is 0 Å². The summed E-state index contributed by atoms with van der Waals surface area (Å²) in [6.45, 7) is 2.94. The minimum atomic E-state index is 0.408. The second-order valence-electron chi connectivity index (χ2n) is 4.78. The third-order valence-corrected chi connectivity index (χ3v) is 3.69. The van der Waals surface area contributed by atoms with Gasteiger partial charge in [0, 0.05) is 13.2 Å². The van der Waals surface area contributed by atoms with Crippen LogP contribution in [0.2, 0.25) is 0 Å². The van der Waals surface area contributed by atoms with Crippen LogP contribution in [0.15, 0.2) is 0 Å². The Kier molecular flexibility index (Phi) is 2.13. The molecule has 1 saturated heterocycles. The monoisotopic (exact) mass is 169 g/mol. The van der Waals surface area contributed by atoms with Gasteiger partial charge < -0.3 is 10.0 Å². The molecule has 1 aliphatic carbocycles. The molecule has 12 heavy (non-hydrogen) atoms. The van der Waals surface area contributed by atoms with E-state index in [1.54, 1.807) is 0 Å². The van der Waals surface area contributed by atoms with Gasteiger partial charge in [-0.3, -0.25) is 0 Å². The molecule has 1 heterocycles. The highest BCUT2D eigenvalue weighted by Crippen LogP contribution is 2.47. The molecule has 2 rings (SSSR count). The van der Waals surface area contributed by atoms with Crippen LogP contribution in [-0.2, 0) is 0 Å². The number of hydrogen-bond acceptors (Lipinski definition) is 2. The highest BCUT2D eigenvalue weighted by Gasteiger charge is 2.42. The van der Waals surface area contributed by atoms with Gasteiger partial charge in [0.1, 0.15) is 0 Å². The minimum Gasteiger partial charge on any atom is -0.396 e. The lowest BCUT2D eigenvalue weighted by Crippen LogP contribution is -2.22. The first kappa shape index (κ1) is 8.52. The normalized spacial score (nSPS) is 43.0. The maximum absolute atomic E-state index is 9.06. The van der Waals surface area contributed by atoms with Gasteiger partial charge >= 0.3 is 0 Å². The highest BCUT2D eigenvalue weighted by atomic mass is 16.3. The zero-order valence-electron chi connectivity index (χ0n) is 7.92. The van der Waals surface area contributed by atoms with E-state index in [9.17, 15) is 0 Å². The molecule has 1 spiro atoms. The molecule has 70 valence electrons. The topological polar surface area (TPSA) is 23.5 Å². The molecule has 1 N–H and O–H groups in total. The summed E-state index contributed by atoms with van der Waals surface area (Å²) in [5.74, 6) is 0.608. The van der Waals surface area contributed by atoms with Gasteiger partial charge in [-0.25, -0.2) is 0 Å².